The van der Waals surface area contributed by atoms with Gasteiger partial charge in [0.05, 0.1) is 5.92 Å². The zero-order chi connectivity index (χ0) is 15.8. The third-order valence-electron chi connectivity index (χ3n) is 2.62. The molecule has 0 aromatic heterocycles. The van der Waals surface area contributed by atoms with Crippen molar-refractivity contribution in [3.63, 3.8) is 0 Å². The van der Waals surface area contributed by atoms with E-state index in [4.69, 9.17) is 4.74 Å². The fourth-order valence-electron chi connectivity index (χ4n) is 1.54. The lowest BCUT2D eigenvalue weighted by Crippen LogP contribution is -2.42. The highest BCUT2D eigenvalue weighted by atomic mass is 16.5. The second kappa shape index (κ2) is 8.04. The standard InChI is InChI=1S/C15H20N2O4/c1-4-16-15(20)17-13(18)12(21-14(19)10(2)3)11-8-6-5-7-9-11/h5-10,12H,4H2,1-3H3,(H2,16,17,18,20)/t12-/m0/s1. The number of carbonyl (C=O) groups excluding carboxylic acids is 3. The van der Waals surface area contributed by atoms with Crippen LogP contribution in [0.3, 0.4) is 0 Å². The molecule has 1 aromatic carbocycles. The summed E-state index contributed by atoms with van der Waals surface area (Å²) in [6, 6.07) is 7.94. The summed E-state index contributed by atoms with van der Waals surface area (Å²) in [7, 11) is 0. The SMILES string of the molecule is CCNC(=O)NC(=O)[C@@H](OC(=O)C(C)C)c1ccccc1. The van der Waals surface area contributed by atoms with Gasteiger partial charge in [0, 0.05) is 12.1 Å². The molecule has 0 radical (unpaired) electrons. The van der Waals surface area contributed by atoms with Gasteiger partial charge in [-0.3, -0.25) is 14.9 Å². The summed E-state index contributed by atoms with van der Waals surface area (Å²) in [5.74, 6) is -1.55. The van der Waals surface area contributed by atoms with Gasteiger partial charge in [0.25, 0.3) is 5.91 Å². The largest absolute Gasteiger partial charge is 0.447 e. The highest BCUT2D eigenvalue weighted by Gasteiger charge is 2.27. The van der Waals surface area contributed by atoms with Gasteiger partial charge in [0.2, 0.25) is 6.10 Å². The Bertz CT molecular complexity index is 500. The molecule has 0 bridgehead atoms. The van der Waals surface area contributed by atoms with Crippen LogP contribution in [0.4, 0.5) is 4.79 Å². The number of urea groups is 1. The average Bonchev–Trinajstić information content (AvgIpc) is 2.45. The van der Waals surface area contributed by atoms with E-state index in [0.29, 0.717) is 12.1 Å². The Morgan fingerprint density at radius 2 is 1.76 bits per heavy atom. The van der Waals surface area contributed by atoms with E-state index in [9.17, 15) is 14.4 Å². The van der Waals surface area contributed by atoms with Crippen LogP contribution in [0.1, 0.15) is 32.4 Å². The molecule has 6 heteroatoms. The zero-order valence-corrected chi connectivity index (χ0v) is 12.4. The average molecular weight is 292 g/mol. The molecular formula is C15H20N2O4. The van der Waals surface area contributed by atoms with Crippen LogP contribution in [-0.2, 0) is 14.3 Å². The van der Waals surface area contributed by atoms with Crippen LogP contribution in [0.15, 0.2) is 30.3 Å². The zero-order valence-electron chi connectivity index (χ0n) is 12.4. The molecule has 114 valence electrons. The maximum Gasteiger partial charge on any atom is 0.321 e. The van der Waals surface area contributed by atoms with Crippen LogP contribution in [0.2, 0.25) is 0 Å². The van der Waals surface area contributed by atoms with E-state index < -0.39 is 24.0 Å². The molecule has 1 rings (SSSR count). The summed E-state index contributed by atoms with van der Waals surface area (Å²) < 4.78 is 5.21. The molecule has 1 atom stereocenters. The molecule has 0 saturated carbocycles. The monoisotopic (exact) mass is 292 g/mol. The van der Waals surface area contributed by atoms with Crippen LogP contribution in [-0.4, -0.2) is 24.5 Å². The number of nitrogens with one attached hydrogen (secondary N) is 2. The minimum absolute atomic E-state index is 0.367. The molecule has 0 heterocycles. The first kappa shape index (κ1) is 16.7. The van der Waals surface area contributed by atoms with E-state index in [2.05, 4.69) is 10.6 Å². The van der Waals surface area contributed by atoms with Crippen LogP contribution in [0.5, 0.6) is 0 Å². The van der Waals surface area contributed by atoms with Crippen LogP contribution < -0.4 is 10.6 Å². The Labute approximate surface area is 123 Å². The van der Waals surface area contributed by atoms with Gasteiger partial charge in [-0.25, -0.2) is 4.79 Å². The number of rotatable bonds is 5. The molecule has 0 fully saturated rings. The Morgan fingerprint density at radius 1 is 1.14 bits per heavy atom. The molecule has 1 aromatic rings. The van der Waals surface area contributed by atoms with Crippen LogP contribution in [0, 0.1) is 5.92 Å². The predicted octanol–water partition coefficient (Wildman–Crippen LogP) is 1.77. The van der Waals surface area contributed by atoms with Crippen molar-refractivity contribution < 1.29 is 19.1 Å². The van der Waals surface area contributed by atoms with Gasteiger partial charge in [0.1, 0.15) is 0 Å². The lowest BCUT2D eigenvalue weighted by atomic mass is 10.1. The molecule has 0 spiro atoms. The van der Waals surface area contributed by atoms with Gasteiger partial charge in [-0.1, -0.05) is 44.2 Å². The van der Waals surface area contributed by atoms with E-state index in [0.717, 1.165) is 0 Å². The third kappa shape index (κ3) is 5.25. The number of carbonyl (C=O) groups is 3. The predicted molar refractivity (Wildman–Crippen MR) is 77.3 cm³/mol. The second-order valence-corrected chi connectivity index (χ2v) is 4.73. The van der Waals surface area contributed by atoms with Gasteiger partial charge in [-0.05, 0) is 6.92 Å². The Hall–Kier alpha value is -2.37. The third-order valence-corrected chi connectivity index (χ3v) is 2.62. The fraction of sp³-hybridized carbons (Fsp3) is 0.400. The van der Waals surface area contributed by atoms with Gasteiger partial charge >= 0.3 is 12.0 Å². The van der Waals surface area contributed by atoms with Gasteiger partial charge in [0.15, 0.2) is 0 Å². The fourth-order valence-corrected chi connectivity index (χ4v) is 1.54. The van der Waals surface area contributed by atoms with Crippen molar-refractivity contribution in [1.82, 2.24) is 10.6 Å². The summed E-state index contributed by atoms with van der Waals surface area (Å²) in [5.41, 5.74) is 0.508. The van der Waals surface area contributed by atoms with Crippen molar-refractivity contribution in [3.8, 4) is 0 Å². The highest BCUT2D eigenvalue weighted by Crippen LogP contribution is 2.19. The topological polar surface area (TPSA) is 84.5 Å². The van der Waals surface area contributed by atoms with Crippen molar-refractivity contribution in [2.75, 3.05) is 6.54 Å². The summed E-state index contributed by atoms with van der Waals surface area (Å²) in [6.45, 7) is 5.47. The molecule has 0 aliphatic rings. The molecule has 3 amide bonds. The highest BCUT2D eigenvalue weighted by molar-refractivity contribution is 5.97. The lowest BCUT2D eigenvalue weighted by Gasteiger charge is -2.18. The molecule has 2 N–H and O–H groups in total. The molecule has 0 saturated heterocycles. The quantitative estimate of drug-likeness (QED) is 0.810. The van der Waals surface area contributed by atoms with Crippen LogP contribution in [0.25, 0.3) is 0 Å². The summed E-state index contributed by atoms with van der Waals surface area (Å²) in [4.78, 5) is 35.3. The number of amides is 3. The van der Waals surface area contributed by atoms with E-state index in [1.54, 1.807) is 51.1 Å². The van der Waals surface area contributed by atoms with E-state index >= 15 is 0 Å². The molecule has 0 aliphatic heterocycles. The van der Waals surface area contributed by atoms with Gasteiger partial charge < -0.3 is 10.1 Å². The van der Waals surface area contributed by atoms with Gasteiger partial charge in [-0.2, -0.15) is 0 Å². The maximum absolute atomic E-state index is 12.1. The smallest absolute Gasteiger partial charge is 0.321 e. The Morgan fingerprint density at radius 3 is 2.29 bits per heavy atom. The van der Waals surface area contributed by atoms with E-state index in [1.807, 2.05) is 0 Å². The molecular weight excluding hydrogens is 272 g/mol. The summed E-state index contributed by atoms with van der Waals surface area (Å²) in [5, 5.41) is 4.60. The molecule has 21 heavy (non-hydrogen) atoms. The van der Waals surface area contributed by atoms with E-state index in [1.165, 1.54) is 0 Å². The second-order valence-electron chi connectivity index (χ2n) is 4.73. The first-order valence-electron chi connectivity index (χ1n) is 6.79. The molecule has 0 unspecified atom stereocenters. The Kier molecular flexibility index (Phi) is 6.39. The van der Waals surface area contributed by atoms with Crippen molar-refractivity contribution in [1.29, 1.82) is 0 Å². The first-order valence-corrected chi connectivity index (χ1v) is 6.79. The first-order chi connectivity index (χ1) is 9.95. The number of esters is 1. The maximum atomic E-state index is 12.1. The Balaban J connectivity index is 2.89. The summed E-state index contributed by atoms with van der Waals surface area (Å²) in [6.07, 6.45) is -1.15. The minimum Gasteiger partial charge on any atom is -0.447 e. The number of imide groups is 1. The van der Waals surface area contributed by atoms with Crippen molar-refractivity contribution in [3.05, 3.63) is 35.9 Å². The number of benzene rings is 1. The van der Waals surface area contributed by atoms with Crippen molar-refractivity contribution in [2.24, 2.45) is 5.92 Å². The normalized spacial score (nSPS) is 11.6. The minimum atomic E-state index is -1.15. The molecule has 6 nitrogen and oxygen atoms in total. The summed E-state index contributed by atoms with van der Waals surface area (Å²) >= 11 is 0. The van der Waals surface area contributed by atoms with Gasteiger partial charge in [-0.15, -0.1) is 0 Å². The van der Waals surface area contributed by atoms with Crippen LogP contribution >= 0.6 is 0 Å². The van der Waals surface area contributed by atoms with Crippen molar-refractivity contribution >= 4 is 17.9 Å². The number of hydrogen-bond acceptors (Lipinski definition) is 4. The van der Waals surface area contributed by atoms with E-state index in [-0.39, 0.29) is 5.92 Å². The number of hydrogen-bond donors (Lipinski definition) is 2. The van der Waals surface area contributed by atoms with Crippen molar-refractivity contribution in [2.45, 2.75) is 26.9 Å². The number of ether oxygens (including phenoxy) is 1. The molecule has 0 aliphatic carbocycles. The lowest BCUT2D eigenvalue weighted by molar-refractivity contribution is -0.159.